The van der Waals surface area contributed by atoms with Crippen molar-refractivity contribution in [3.63, 3.8) is 0 Å². The van der Waals surface area contributed by atoms with E-state index in [1.54, 1.807) is 4.90 Å². The summed E-state index contributed by atoms with van der Waals surface area (Å²) in [4.78, 5) is 13.5. The fourth-order valence-corrected chi connectivity index (χ4v) is 1.90. The average Bonchev–Trinajstić information content (AvgIpc) is 2.34. The molecule has 0 bridgehead atoms. The van der Waals surface area contributed by atoms with Gasteiger partial charge in [-0.05, 0) is 31.4 Å². The lowest BCUT2D eigenvalue weighted by atomic mass is 10.1. The highest BCUT2D eigenvalue weighted by atomic mass is 19.1. The van der Waals surface area contributed by atoms with Crippen LogP contribution >= 0.6 is 0 Å². The zero-order valence-electron chi connectivity index (χ0n) is 9.45. The summed E-state index contributed by atoms with van der Waals surface area (Å²) in [7, 11) is 0. The number of rotatable bonds is 1. The smallest absolute Gasteiger partial charge is 0.321 e. The van der Waals surface area contributed by atoms with Crippen molar-refractivity contribution < 1.29 is 14.3 Å². The summed E-state index contributed by atoms with van der Waals surface area (Å²) in [5.74, 6) is -0.783. The maximum absolute atomic E-state index is 13.4. The monoisotopic (exact) mass is 238 g/mol. The minimum Gasteiger partial charge on any atom is -0.508 e. The quantitative estimate of drug-likeness (QED) is 0.739. The topological polar surface area (TPSA) is 52.6 Å². The Balaban J connectivity index is 2.02. The van der Waals surface area contributed by atoms with E-state index < -0.39 is 5.82 Å². The summed E-state index contributed by atoms with van der Waals surface area (Å²) in [6, 6.07) is 3.39. The fraction of sp³-hybridized carbons (Fsp3) is 0.417. The molecular formula is C12H15FN2O2. The zero-order chi connectivity index (χ0) is 12.3. The molecule has 0 spiro atoms. The number of nitrogens with zero attached hydrogens (tertiary/aromatic N) is 1. The number of carbonyl (C=O) groups is 1. The van der Waals surface area contributed by atoms with Crippen molar-refractivity contribution in [2.24, 2.45) is 0 Å². The first kappa shape index (κ1) is 11.7. The lowest BCUT2D eigenvalue weighted by Gasteiger charge is -2.26. The predicted octanol–water partition coefficient (Wildman–Crippen LogP) is 2.55. The second-order valence-electron chi connectivity index (χ2n) is 4.14. The maximum Gasteiger partial charge on any atom is 0.321 e. The Hall–Kier alpha value is -1.78. The summed E-state index contributed by atoms with van der Waals surface area (Å²) in [5.41, 5.74) is 0.0957. The van der Waals surface area contributed by atoms with Crippen LogP contribution in [0.15, 0.2) is 18.2 Å². The molecule has 1 aromatic rings. The van der Waals surface area contributed by atoms with Gasteiger partial charge in [0.15, 0.2) is 0 Å². The lowest BCUT2D eigenvalue weighted by Crippen LogP contribution is -2.38. The number of likely N-dealkylation sites (tertiary alicyclic amines) is 1. The second kappa shape index (κ2) is 5.03. The minimum absolute atomic E-state index is 0.0957. The van der Waals surface area contributed by atoms with Crippen LogP contribution < -0.4 is 5.32 Å². The van der Waals surface area contributed by atoms with Gasteiger partial charge in [-0.15, -0.1) is 0 Å². The number of amides is 2. The molecular weight excluding hydrogens is 223 g/mol. The van der Waals surface area contributed by atoms with Crippen molar-refractivity contribution in [2.75, 3.05) is 18.4 Å². The largest absolute Gasteiger partial charge is 0.508 e. The summed E-state index contributed by atoms with van der Waals surface area (Å²) >= 11 is 0. The summed E-state index contributed by atoms with van der Waals surface area (Å²) < 4.78 is 13.4. The number of hydrogen-bond donors (Lipinski definition) is 2. The Kier molecular flexibility index (Phi) is 3.46. The molecule has 2 N–H and O–H groups in total. The molecule has 0 radical (unpaired) electrons. The van der Waals surface area contributed by atoms with Gasteiger partial charge in [0.25, 0.3) is 0 Å². The first-order chi connectivity index (χ1) is 8.16. The van der Waals surface area contributed by atoms with E-state index >= 15 is 0 Å². The maximum atomic E-state index is 13.4. The number of piperidine rings is 1. The van der Waals surface area contributed by atoms with Crippen LogP contribution in [0.4, 0.5) is 14.9 Å². The molecule has 1 aromatic carbocycles. The highest BCUT2D eigenvalue weighted by Crippen LogP contribution is 2.20. The van der Waals surface area contributed by atoms with Gasteiger partial charge < -0.3 is 15.3 Å². The SMILES string of the molecule is O=C(Nc1ccc(O)cc1F)N1CCCCC1. The second-order valence-corrected chi connectivity index (χ2v) is 4.14. The predicted molar refractivity (Wildman–Crippen MR) is 62.5 cm³/mol. The normalized spacial score (nSPS) is 15.7. The third-order valence-corrected chi connectivity index (χ3v) is 2.84. The summed E-state index contributed by atoms with van der Waals surface area (Å²) in [6.07, 6.45) is 3.12. The number of anilines is 1. The van der Waals surface area contributed by atoms with Crippen LogP contribution in [0.5, 0.6) is 5.75 Å². The Labute approximate surface area is 99.0 Å². The molecule has 4 nitrogen and oxygen atoms in total. The van der Waals surface area contributed by atoms with Crippen LogP contribution in [0.25, 0.3) is 0 Å². The highest BCUT2D eigenvalue weighted by Gasteiger charge is 2.17. The van der Waals surface area contributed by atoms with E-state index in [1.807, 2.05) is 0 Å². The standard InChI is InChI=1S/C12H15FN2O2/c13-10-8-9(16)4-5-11(10)14-12(17)15-6-2-1-3-7-15/h4-5,8,16H,1-3,6-7H2,(H,14,17). The Morgan fingerprint density at radius 2 is 2.00 bits per heavy atom. The highest BCUT2D eigenvalue weighted by molar-refractivity contribution is 5.89. The molecule has 5 heteroatoms. The van der Waals surface area contributed by atoms with Crippen molar-refractivity contribution in [1.82, 2.24) is 4.90 Å². The molecule has 0 unspecified atom stereocenters. The van der Waals surface area contributed by atoms with Crippen molar-refractivity contribution in [1.29, 1.82) is 0 Å². The van der Waals surface area contributed by atoms with Gasteiger partial charge in [-0.1, -0.05) is 0 Å². The number of aromatic hydroxyl groups is 1. The van der Waals surface area contributed by atoms with Gasteiger partial charge in [-0.25, -0.2) is 9.18 Å². The number of nitrogens with one attached hydrogen (secondary N) is 1. The Morgan fingerprint density at radius 3 is 2.65 bits per heavy atom. The van der Waals surface area contributed by atoms with Crippen molar-refractivity contribution in [3.05, 3.63) is 24.0 Å². The van der Waals surface area contributed by atoms with Crippen molar-refractivity contribution in [2.45, 2.75) is 19.3 Å². The zero-order valence-corrected chi connectivity index (χ0v) is 9.45. The summed E-state index contributed by atoms with van der Waals surface area (Å²) in [5, 5.41) is 11.6. The molecule has 2 amide bonds. The molecule has 1 saturated heterocycles. The third-order valence-electron chi connectivity index (χ3n) is 2.84. The van der Waals surface area contributed by atoms with Crippen LogP contribution in [-0.4, -0.2) is 29.1 Å². The van der Waals surface area contributed by atoms with Gasteiger partial charge in [0.1, 0.15) is 11.6 Å². The Bertz CT molecular complexity index is 417. The van der Waals surface area contributed by atoms with Crippen LogP contribution in [0.3, 0.4) is 0 Å². The van der Waals surface area contributed by atoms with Gasteiger partial charge in [0, 0.05) is 19.2 Å². The van der Waals surface area contributed by atoms with E-state index in [9.17, 15) is 9.18 Å². The number of benzene rings is 1. The lowest BCUT2D eigenvalue weighted by molar-refractivity contribution is 0.200. The van der Waals surface area contributed by atoms with Crippen molar-refractivity contribution in [3.8, 4) is 5.75 Å². The minimum atomic E-state index is -0.629. The fourth-order valence-electron chi connectivity index (χ4n) is 1.90. The van der Waals surface area contributed by atoms with E-state index in [1.165, 1.54) is 12.1 Å². The van der Waals surface area contributed by atoms with Gasteiger partial charge in [0.2, 0.25) is 0 Å². The number of carbonyl (C=O) groups excluding carboxylic acids is 1. The first-order valence-electron chi connectivity index (χ1n) is 5.71. The molecule has 0 atom stereocenters. The molecule has 1 fully saturated rings. The van der Waals surface area contributed by atoms with E-state index in [0.29, 0.717) is 13.1 Å². The van der Waals surface area contributed by atoms with E-state index in [2.05, 4.69) is 5.32 Å². The molecule has 0 aliphatic carbocycles. The molecule has 17 heavy (non-hydrogen) atoms. The number of phenols is 1. The molecule has 92 valence electrons. The molecule has 1 aliphatic heterocycles. The van der Waals surface area contributed by atoms with E-state index in [0.717, 1.165) is 25.3 Å². The third kappa shape index (κ3) is 2.87. The van der Waals surface area contributed by atoms with Gasteiger partial charge in [0.05, 0.1) is 5.69 Å². The molecule has 0 aromatic heterocycles. The Morgan fingerprint density at radius 1 is 1.29 bits per heavy atom. The average molecular weight is 238 g/mol. The van der Waals surface area contributed by atoms with Gasteiger partial charge in [-0.3, -0.25) is 0 Å². The number of phenolic OH excluding ortho intramolecular Hbond substituents is 1. The van der Waals surface area contributed by atoms with Crippen molar-refractivity contribution >= 4 is 11.7 Å². The molecule has 1 heterocycles. The van der Waals surface area contributed by atoms with E-state index in [4.69, 9.17) is 5.11 Å². The molecule has 0 saturated carbocycles. The number of hydrogen-bond acceptors (Lipinski definition) is 2. The van der Waals surface area contributed by atoms with E-state index in [-0.39, 0.29) is 17.5 Å². The molecule has 1 aliphatic rings. The van der Waals surface area contributed by atoms with Crippen LogP contribution in [-0.2, 0) is 0 Å². The van der Waals surface area contributed by atoms with Crippen LogP contribution in [0.1, 0.15) is 19.3 Å². The van der Waals surface area contributed by atoms with Crippen LogP contribution in [0, 0.1) is 5.82 Å². The first-order valence-corrected chi connectivity index (χ1v) is 5.71. The number of halogens is 1. The van der Waals surface area contributed by atoms with Crippen LogP contribution in [0.2, 0.25) is 0 Å². The van der Waals surface area contributed by atoms with Gasteiger partial charge >= 0.3 is 6.03 Å². The number of urea groups is 1. The molecule has 2 rings (SSSR count). The van der Waals surface area contributed by atoms with Gasteiger partial charge in [-0.2, -0.15) is 0 Å². The summed E-state index contributed by atoms with van der Waals surface area (Å²) in [6.45, 7) is 1.43.